The summed E-state index contributed by atoms with van der Waals surface area (Å²) in [5, 5.41) is 8.82. The average molecular weight is 333 g/mol. The highest BCUT2D eigenvalue weighted by molar-refractivity contribution is 5.85. The largest absolute Gasteiger partial charge is 0.358 e. The van der Waals surface area contributed by atoms with Crippen LogP contribution in [0, 0.1) is 5.41 Å². The topological polar surface area (TPSA) is 61.6 Å². The summed E-state index contributed by atoms with van der Waals surface area (Å²) in [6.07, 6.45) is 5.89. The highest BCUT2D eigenvalue weighted by atomic mass is 16.1. The zero-order valence-corrected chi connectivity index (χ0v) is 14.9. The van der Waals surface area contributed by atoms with Gasteiger partial charge in [0.25, 0.3) is 5.56 Å². The van der Waals surface area contributed by atoms with Gasteiger partial charge in [-0.15, -0.1) is 0 Å². The fraction of sp³-hybridized carbons (Fsp3) is 0.238. The quantitative estimate of drug-likeness (QED) is 0.670. The number of allylic oxidation sites excluding steroid dienone is 2. The number of H-pyrrole nitrogens is 1. The third kappa shape index (κ3) is 3.20. The lowest BCUT2D eigenvalue weighted by molar-refractivity contribution is 0.757. The molecule has 0 fully saturated rings. The molecular weight excluding hydrogens is 310 g/mol. The normalized spacial score (nSPS) is 11.9. The molecule has 4 nitrogen and oxygen atoms in total. The van der Waals surface area contributed by atoms with Gasteiger partial charge in [-0.05, 0) is 60.6 Å². The summed E-state index contributed by atoms with van der Waals surface area (Å²) in [7, 11) is 0. The minimum absolute atomic E-state index is 0.130. The molecule has 25 heavy (non-hydrogen) atoms. The van der Waals surface area contributed by atoms with Crippen LogP contribution in [0.2, 0.25) is 0 Å². The van der Waals surface area contributed by atoms with Crippen molar-refractivity contribution in [2.75, 3.05) is 0 Å². The standard InChI is InChI=1S/C21H23N3O/c1-4-14(3)18-8-9-24(21(25)19(18)12-22)13-15-6-7-16-11-17(5-2)23-20(16)10-15/h4,6-12,22-23H,5,13H2,1-3H3/b14-4-,22-12?. The lowest BCUT2D eigenvalue weighted by Crippen LogP contribution is -2.25. The molecule has 0 spiro atoms. The van der Waals surface area contributed by atoms with E-state index in [1.165, 1.54) is 11.1 Å². The zero-order valence-electron chi connectivity index (χ0n) is 14.9. The van der Waals surface area contributed by atoms with Gasteiger partial charge in [0.05, 0.1) is 12.1 Å². The van der Waals surface area contributed by atoms with Crippen LogP contribution in [-0.4, -0.2) is 15.8 Å². The maximum absolute atomic E-state index is 12.7. The van der Waals surface area contributed by atoms with Crippen molar-refractivity contribution in [2.45, 2.75) is 33.7 Å². The summed E-state index contributed by atoms with van der Waals surface area (Å²) in [6, 6.07) is 10.3. The average Bonchev–Trinajstić information content (AvgIpc) is 3.05. The van der Waals surface area contributed by atoms with Gasteiger partial charge in [-0.1, -0.05) is 25.1 Å². The molecule has 3 aromatic rings. The Hall–Kier alpha value is -2.88. The molecule has 0 amide bonds. The number of hydrogen-bond donors (Lipinski definition) is 2. The summed E-state index contributed by atoms with van der Waals surface area (Å²) in [5.41, 5.74) is 5.50. The van der Waals surface area contributed by atoms with Gasteiger partial charge in [0.15, 0.2) is 0 Å². The Kier molecular flexibility index (Phi) is 4.70. The van der Waals surface area contributed by atoms with Crippen LogP contribution in [0.3, 0.4) is 0 Å². The number of aromatic amines is 1. The van der Waals surface area contributed by atoms with Crippen LogP contribution >= 0.6 is 0 Å². The second kappa shape index (κ2) is 6.93. The van der Waals surface area contributed by atoms with Gasteiger partial charge in [-0.3, -0.25) is 4.79 Å². The molecule has 0 aliphatic heterocycles. The van der Waals surface area contributed by atoms with E-state index >= 15 is 0 Å². The minimum Gasteiger partial charge on any atom is -0.358 e. The maximum atomic E-state index is 12.7. The van der Waals surface area contributed by atoms with E-state index in [4.69, 9.17) is 5.41 Å². The first-order valence-corrected chi connectivity index (χ1v) is 8.55. The van der Waals surface area contributed by atoms with E-state index in [0.717, 1.165) is 34.9 Å². The second-order valence-electron chi connectivity index (χ2n) is 6.26. The van der Waals surface area contributed by atoms with Crippen LogP contribution in [0.25, 0.3) is 16.5 Å². The first-order valence-electron chi connectivity index (χ1n) is 8.55. The summed E-state index contributed by atoms with van der Waals surface area (Å²) in [6.45, 7) is 6.50. The third-order valence-electron chi connectivity index (χ3n) is 4.68. The molecular formula is C21H23N3O. The molecule has 0 bridgehead atoms. The van der Waals surface area contributed by atoms with Crippen molar-refractivity contribution in [1.29, 1.82) is 5.41 Å². The van der Waals surface area contributed by atoms with Crippen molar-refractivity contribution in [3.8, 4) is 0 Å². The highest BCUT2D eigenvalue weighted by Crippen LogP contribution is 2.19. The first-order chi connectivity index (χ1) is 12.1. The van der Waals surface area contributed by atoms with Gasteiger partial charge < -0.3 is 15.0 Å². The summed E-state index contributed by atoms with van der Waals surface area (Å²) >= 11 is 0. The molecule has 0 saturated carbocycles. The summed E-state index contributed by atoms with van der Waals surface area (Å²) in [4.78, 5) is 16.1. The lowest BCUT2D eigenvalue weighted by Gasteiger charge is -2.11. The molecule has 2 aromatic heterocycles. The van der Waals surface area contributed by atoms with E-state index in [2.05, 4.69) is 36.2 Å². The van der Waals surface area contributed by atoms with Crippen molar-refractivity contribution in [3.05, 3.63) is 75.3 Å². The number of aromatic nitrogens is 2. The van der Waals surface area contributed by atoms with Crippen molar-refractivity contribution in [1.82, 2.24) is 9.55 Å². The number of rotatable bonds is 5. The van der Waals surface area contributed by atoms with Gasteiger partial charge in [0.2, 0.25) is 0 Å². The molecule has 0 saturated heterocycles. The van der Waals surface area contributed by atoms with Crippen molar-refractivity contribution < 1.29 is 0 Å². The van der Waals surface area contributed by atoms with Crippen LogP contribution in [0.15, 0.2) is 47.4 Å². The molecule has 4 heteroatoms. The number of aryl methyl sites for hydroxylation is 1. The predicted octanol–water partition coefficient (Wildman–Crippen LogP) is 4.36. The van der Waals surface area contributed by atoms with Crippen LogP contribution in [-0.2, 0) is 13.0 Å². The number of pyridine rings is 1. The molecule has 0 unspecified atom stereocenters. The van der Waals surface area contributed by atoms with Crippen LogP contribution in [0.1, 0.15) is 43.2 Å². The van der Waals surface area contributed by atoms with Gasteiger partial charge >= 0.3 is 0 Å². The first kappa shape index (κ1) is 17.0. The number of fused-ring (bicyclic) bond motifs is 1. The monoisotopic (exact) mass is 333 g/mol. The Bertz CT molecular complexity index is 1020. The zero-order chi connectivity index (χ0) is 18.0. The molecule has 128 valence electrons. The predicted molar refractivity (Wildman–Crippen MR) is 105 cm³/mol. The molecule has 0 radical (unpaired) electrons. The van der Waals surface area contributed by atoms with Gasteiger partial charge in [-0.25, -0.2) is 0 Å². The number of nitrogens with zero attached hydrogens (tertiary/aromatic N) is 1. The van der Waals surface area contributed by atoms with Crippen molar-refractivity contribution in [3.63, 3.8) is 0 Å². The van der Waals surface area contributed by atoms with Crippen LogP contribution in [0.4, 0.5) is 0 Å². The Balaban J connectivity index is 2.00. The van der Waals surface area contributed by atoms with E-state index in [1.54, 1.807) is 4.57 Å². The van der Waals surface area contributed by atoms with Crippen molar-refractivity contribution in [2.24, 2.45) is 0 Å². The Labute approximate surface area is 147 Å². The number of nitrogens with one attached hydrogen (secondary N) is 2. The second-order valence-corrected chi connectivity index (χ2v) is 6.26. The third-order valence-corrected chi connectivity index (χ3v) is 4.68. The number of benzene rings is 1. The molecule has 0 atom stereocenters. The molecule has 0 aliphatic rings. The Morgan fingerprint density at radius 1 is 1.28 bits per heavy atom. The molecule has 1 aromatic carbocycles. The van der Waals surface area contributed by atoms with Gasteiger partial charge in [-0.2, -0.15) is 0 Å². The maximum Gasteiger partial charge on any atom is 0.260 e. The van der Waals surface area contributed by atoms with E-state index in [1.807, 2.05) is 32.2 Å². The summed E-state index contributed by atoms with van der Waals surface area (Å²) < 4.78 is 1.66. The Morgan fingerprint density at radius 2 is 2.08 bits per heavy atom. The van der Waals surface area contributed by atoms with Gasteiger partial charge in [0, 0.05) is 23.6 Å². The molecule has 0 aliphatic carbocycles. The lowest BCUT2D eigenvalue weighted by atomic mass is 10.0. The van der Waals surface area contributed by atoms with Gasteiger partial charge in [0.1, 0.15) is 0 Å². The highest BCUT2D eigenvalue weighted by Gasteiger charge is 2.10. The van der Waals surface area contributed by atoms with E-state index < -0.39 is 0 Å². The SMILES string of the molecule is C/C=C(/C)c1ccn(Cc2ccc3cc(CC)[nH]c3c2)c(=O)c1C=N. The van der Waals surface area contributed by atoms with Crippen LogP contribution < -0.4 is 5.56 Å². The summed E-state index contributed by atoms with van der Waals surface area (Å²) in [5.74, 6) is 0. The van der Waals surface area contributed by atoms with E-state index in [0.29, 0.717) is 12.1 Å². The molecule has 2 N–H and O–H groups in total. The fourth-order valence-corrected chi connectivity index (χ4v) is 3.08. The minimum atomic E-state index is -0.130. The fourth-order valence-electron chi connectivity index (χ4n) is 3.08. The van der Waals surface area contributed by atoms with E-state index in [9.17, 15) is 4.79 Å². The van der Waals surface area contributed by atoms with Crippen molar-refractivity contribution >= 4 is 22.7 Å². The number of hydrogen-bond acceptors (Lipinski definition) is 2. The van der Waals surface area contributed by atoms with Crippen LogP contribution in [0.5, 0.6) is 0 Å². The molecule has 2 heterocycles. The smallest absolute Gasteiger partial charge is 0.260 e. The van der Waals surface area contributed by atoms with E-state index in [-0.39, 0.29) is 5.56 Å². The Morgan fingerprint density at radius 3 is 2.76 bits per heavy atom. The molecule has 3 rings (SSSR count).